The summed E-state index contributed by atoms with van der Waals surface area (Å²) in [6.45, 7) is -0.0774. The zero-order valence-corrected chi connectivity index (χ0v) is 8.46. The Hall–Kier alpha value is -0.850. The summed E-state index contributed by atoms with van der Waals surface area (Å²) in [6, 6.07) is 3.53. The minimum Gasteiger partial charge on any atom is -0.469 e. The predicted molar refractivity (Wildman–Crippen MR) is 51.3 cm³/mol. The molecule has 0 aliphatic rings. The lowest BCUT2D eigenvalue weighted by atomic mass is 10.3. The molecule has 6 heteroatoms. The fourth-order valence-electron chi connectivity index (χ4n) is 0.977. The number of rotatable bonds is 6. The Bertz CT molecular complexity index is 343. The van der Waals surface area contributed by atoms with Crippen molar-refractivity contribution < 1.29 is 17.9 Å². The molecule has 0 spiro atoms. The number of hydrogen-bond donors (Lipinski definition) is 2. The normalized spacial score (nSPS) is 11.8. The third-order valence-corrected chi connectivity index (χ3v) is 3.00. The van der Waals surface area contributed by atoms with Crippen LogP contribution in [0.5, 0.6) is 0 Å². The maximum absolute atomic E-state index is 11.1. The summed E-state index contributed by atoms with van der Waals surface area (Å²) in [5.41, 5.74) is 0. The van der Waals surface area contributed by atoms with E-state index in [9.17, 15) is 8.42 Å². The molecule has 0 bridgehead atoms. The predicted octanol–water partition coefficient (Wildman–Crippen LogP) is -0.266. The van der Waals surface area contributed by atoms with Gasteiger partial charge in [0.2, 0.25) is 10.0 Å². The van der Waals surface area contributed by atoms with E-state index in [-0.39, 0.29) is 18.9 Å². The molecule has 5 nitrogen and oxygen atoms in total. The number of furan rings is 1. The molecule has 0 atom stereocenters. The molecule has 0 unspecified atom stereocenters. The molecule has 0 aliphatic heterocycles. The molecule has 0 aliphatic carbocycles. The summed E-state index contributed by atoms with van der Waals surface area (Å²) in [6.07, 6.45) is 2.05. The molecular weight excluding hydrogens is 206 g/mol. The van der Waals surface area contributed by atoms with Crippen molar-refractivity contribution in [2.24, 2.45) is 0 Å². The van der Waals surface area contributed by atoms with Crippen LogP contribution in [-0.4, -0.2) is 32.4 Å². The van der Waals surface area contributed by atoms with Crippen molar-refractivity contribution in [2.75, 3.05) is 18.9 Å². The molecule has 1 aromatic heterocycles. The van der Waals surface area contributed by atoms with E-state index >= 15 is 0 Å². The van der Waals surface area contributed by atoms with Crippen LogP contribution in [0.4, 0.5) is 0 Å². The third-order valence-electron chi connectivity index (χ3n) is 1.63. The van der Waals surface area contributed by atoms with Crippen LogP contribution in [0.25, 0.3) is 0 Å². The minimum absolute atomic E-state index is 0.259. The first kappa shape index (κ1) is 11.2. The zero-order valence-electron chi connectivity index (χ0n) is 7.64. The van der Waals surface area contributed by atoms with Gasteiger partial charge in [-0.15, -0.1) is 0 Å². The lowest BCUT2D eigenvalue weighted by Crippen LogP contribution is -2.29. The van der Waals surface area contributed by atoms with Crippen molar-refractivity contribution in [3.05, 3.63) is 24.2 Å². The first-order valence-electron chi connectivity index (χ1n) is 4.24. The van der Waals surface area contributed by atoms with Crippen LogP contribution in [0.2, 0.25) is 0 Å². The molecular formula is C8H13NO4S. The monoisotopic (exact) mass is 219 g/mol. The van der Waals surface area contributed by atoms with E-state index in [0.717, 1.165) is 5.76 Å². The van der Waals surface area contributed by atoms with Gasteiger partial charge in [-0.1, -0.05) is 0 Å². The Morgan fingerprint density at radius 3 is 2.86 bits per heavy atom. The van der Waals surface area contributed by atoms with E-state index in [1.807, 2.05) is 0 Å². The minimum atomic E-state index is -3.33. The summed E-state index contributed by atoms with van der Waals surface area (Å²) < 4.78 is 29.5. The standard InChI is InChI=1S/C8H13NO4S/c10-5-7-14(11,12)9-4-3-8-2-1-6-13-8/h1-2,6,9-10H,3-5,7H2. The van der Waals surface area contributed by atoms with E-state index in [1.54, 1.807) is 12.1 Å². The molecule has 0 amide bonds. The average Bonchev–Trinajstić information content (AvgIpc) is 2.56. The number of hydrogen-bond acceptors (Lipinski definition) is 4. The van der Waals surface area contributed by atoms with Gasteiger partial charge in [-0.05, 0) is 12.1 Å². The Morgan fingerprint density at radius 2 is 2.29 bits per heavy atom. The lowest BCUT2D eigenvalue weighted by molar-refractivity contribution is 0.319. The summed E-state index contributed by atoms with van der Waals surface area (Å²) in [4.78, 5) is 0. The lowest BCUT2D eigenvalue weighted by Gasteiger charge is -2.03. The van der Waals surface area contributed by atoms with Gasteiger partial charge in [-0.2, -0.15) is 0 Å². The molecule has 0 saturated heterocycles. The van der Waals surface area contributed by atoms with Crippen molar-refractivity contribution in [3.63, 3.8) is 0 Å². The molecule has 80 valence electrons. The van der Waals surface area contributed by atoms with Gasteiger partial charge in [-0.25, -0.2) is 13.1 Å². The maximum atomic E-state index is 11.1. The van der Waals surface area contributed by atoms with Gasteiger partial charge in [0.25, 0.3) is 0 Å². The fraction of sp³-hybridized carbons (Fsp3) is 0.500. The largest absolute Gasteiger partial charge is 0.469 e. The third kappa shape index (κ3) is 3.91. The molecule has 1 aromatic rings. The Balaban J connectivity index is 2.28. The van der Waals surface area contributed by atoms with Gasteiger partial charge >= 0.3 is 0 Å². The smallest absolute Gasteiger partial charge is 0.213 e. The fourth-order valence-corrected chi connectivity index (χ4v) is 1.77. The second-order valence-corrected chi connectivity index (χ2v) is 4.69. The van der Waals surface area contributed by atoms with Gasteiger partial charge in [0.1, 0.15) is 5.76 Å². The summed E-state index contributed by atoms with van der Waals surface area (Å²) in [5.74, 6) is 0.474. The second-order valence-electron chi connectivity index (χ2n) is 2.77. The van der Waals surface area contributed by atoms with Crippen LogP contribution >= 0.6 is 0 Å². The van der Waals surface area contributed by atoms with Crippen molar-refractivity contribution >= 4 is 10.0 Å². The van der Waals surface area contributed by atoms with Crippen LogP contribution in [0.3, 0.4) is 0 Å². The van der Waals surface area contributed by atoms with Crippen LogP contribution < -0.4 is 4.72 Å². The highest BCUT2D eigenvalue weighted by Gasteiger charge is 2.08. The summed E-state index contributed by atoms with van der Waals surface area (Å²) >= 11 is 0. The highest BCUT2D eigenvalue weighted by molar-refractivity contribution is 7.89. The SMILES string of the molecule is O=S(=O)(CCO)NCCc1ccco1. The van der Waals surface area contributed by atoms with Gasteiger partial charge < -0.3 is 9.52 Å². The molecule has 14 heavy (non-hydrogen) atoms. The Morgan fingerprint density at radius 1 is 1.50 bits per heavy atom. The van der Waals surface area contributed by atoms with Crippen molar-refractivity contribution in [1.82, 2.24) is 4.72 Å². The number of nitrogens with one attached hydrogen (secondary N) is 1. The maximum Gasteiger partial charge on any atom is 0.213 e. The molecule has 0 radical (unpaired) electrons. The average molecular weight is 219 g/mol. The molecule has 2 N–H and O–H groups in total. The van der Waals surface area contributed by atoms with Crippen molar-refractivity contribution in [1.29, 1.82) is 0 Å². The topological polar surface area (TPSA) is 79.5 Å². The van der Waals surface area contributed by atoms with E-state index in [2.05, 4.69) is 4.72 Å². The van der Waals surface area contributed by atoms with E-state index in [1.165, 1.54) is 6.26 Å². The van der Waals surface area contributed by atoms with Crippen LogP contribution in [0.1, 0.15) is 5.76 Å². The van der Waals surface area contributed by atoms with Crippen molar-refractivity contribution in [3.8, 4) is 0 Å². The highest BCUT2D eigenvalue weighted by atomic mass is 32.2. The first-order chi connectivity index (χ1) is 6.64. The quantitative estimate of drug-likeness (QED) is 0.690. The molecule has 0 aromatic carbocycles. The second kappa shape index (κ2) is 5.14. The van der Waals surface area contributed by atoms with E-state index in [0.29, 0.717) is 6.42 Å². The van der Waals surface area contributed by atoms with Gasteiger partial charge in [0, 0.05) is 13.0 Å². The summed E-state index contributed by atoms with van der Waals surface area (Å²) in [5, 5.41) is 8.45. The van der Waals surface area contributed by atoms with Crippen molar-refractivity contribution in [2.45, 2.75) is 6.42 Å². The molecule has 1 rings (SSSR count). The highest BCUT2D eigenvalue weighted by Crippen LogP contribution is 1.99. The first-order valence-corrected chi connectivity index (χ1v) is 5.90. The number of sulfonamides is 1. The number of aliphatic hydroxyl groups excluding tert-OH is 1. The van der Waals surface area contributed by atoms with E-state index < -0.39 is 10.0 Å². The molecule has 0 fully saturated rings. The summed E-state index contributed by atoms with van der Waals surface area (Å²) in [7, 11) is -3.33. The Labute approximate surface area is 82.8 Å². The van der Waals surface area contributed by atoms with Gasteiger partial charge in [0.05, 0.1) is 18.6 Å². The van der Waals surface area contributed by atoms with Gasteiger partial charge in [-0.3, -0.25) is 0 Å². The molecule has 0 saturated carbocycles. The number of aliphatic hydroxyl groups is 1. The van der Waals surface area contributed by atoms with Gasteiger partial charge in [0.15, 0.2) is 0 Å². The van der Waals surface area contributed by atoms with Crippen LogP contribution in [0.15, 0.2) is 22.8 Å². The zero-order chi connectivity index (χ0) is 10.4. The Kier molecular flexibility index (Phi) is 4.12. The van der Waals surface area contributed by atoms with Crippen LogP contribution in [0, 0.1) is 0 Å². The van der Waals surface area contributed by atoms with Crippen LogP contribution in [-0.2, 0) is 16.4 Å². The molecule has 1 heterocycles. The van der Waals surface area contributed by atoms with E-state index in [4.69, 9.17) is 9.52 Å².